The Morgan fingerprint density at radius 2 is 1.09 bits per heavy atom. The molecular formula is C20H12S2. The molecule has 0 radical (unpaired) electrons. The number of thiophene rings is 2. The maximum absolute atomic E-state index is 2.42. The minimum Gasteiger partial charge on any atom is -0.144 e. The molecule has 0 saturated heterocycles. The summed E-state index contributed by atoms with van der Waals surface area (Å²) in [4.78, 5) is 2.97. The van der Waals surface area contributed by atoms with Crippen LogP contribution in [0.4, 0.5) is 0 Å². The van der Waals surface area contributed by atoms with Crippen LogP contribution in [0.5, 0.6) is 0 Å². The average Bonchev–Trinajstić information content (AvgIpc) is 3.23. The summed E-state index contributed by atoms with van der Waals surface area (Å²) in [7, 11) is 0. The first kappa shape index (κ1) is 11.6. The Hall–Kier alpha value is -1.90. The molecule has 0 spiro atoms. The van der Waals surface area contributed by atoms with E-state index in [0.29, 0.717) is 0 Å². The molecule has 0 N–H and O–H groups in total. The zero-order valence-corrected chi connectivity index (χ0v) is 13.5. The van der Waals surface area contributed by atoms with Gasteiger partial charge < -0.3 is 0 Å². The molecule has 0 bridgehead atoms. The van der Waals surface area contributed by atoms with Crippen molar-refractivity contribution in [2.24, 2.45) is 0 Å². The van der Waals surface area contributed by atoms with Crippen LogP contribution in [0.1, 0.15) is 22.3 Å². The first-order valence-corrected chi connectivity index (χ1v) is 9.36. The maximum Gasteiger partial charge on any atom is 0.0381 e. The van der Waals surface area contributed by atoms with Crippen LogP contribution in [0.2, 0.25) is 0 Å². The van der Waals surface area contributed by atoms with Gasteiger partial charge in [-0.1, -0.05) is 12.1 Å². The van der Waals surface area contributed by atoms with Crippen LogP contribution in [-0.2, 0) is 12.8 Å². The molecule has 0 nitrogen and oxygen atoms in total. The van der Waals surface area contributed by atoms with E-state index in [9.17, 15) is 0 Å². The van der Waals surface area contributed by atoms with E-state index in [1.165, 1.54) is 53.9 Å². The van der Waals surface area contributed by atoms with Gasteiger partial charge in [-0.15, -0.1) is 22.7 Å². The predicted molar refractivity (Wildman–Crippen MR) is 96.2 cm³/mol. The third-order valence-corrected chi connectivity index (χ3v) is 7.01. The molecule has 0 atom stereocenters. The molecule has 2 heterocycles. The second-order valence-electron chi connectivity index (χ2n) is 6.27. The molecule has 2 aromatic heterocycles. The zero-order chi connectivity index (χ0) is 14.3. The van der Waals surface area contributed by atoms with Crippen molar-refractivity contribution in [2.75, 3.05) is 0 Å². The monoisotopic (exact) mass is 316 g/mol. The number of rotatable bonds is 0. The first-order chi connectivity index (χ1) is 10.9. The molecule has 2 aliphatic rings. The summed E-state index contributed by atoms with van der Waals surface area (Å²) in [5, 5.41) is 7.24. The molecule has 22 heavy (non-hydrogen) atoms. The standard InChI is InChI=1S/C20H12S2/c1-3-21-19-11(1)5-15-7-13-10-18-16(8-14(13)9-17(15)19)6-12-2-4-22-20(12)18/h1-4,7-10H,5-6H2. The number of fused-ring (bicyclic) bond motifs is 7. The van der Waals surface area contributed by atoms with Gasteiger partial charge in [0, 0.05) is 9.75 Å². The minimum absolute atomic E-state index is 1.10. The van der Waals surface area contributed by atoms with Crippen molar-refractivity contribution in [3.63, 3.8) is 0 Å². The Balaban J connectivity index is 1.65. The molecule has 104 valence electrons. The van der Waals surface area contributed by atoms with E-state index < -0.39 is 0 Å². The Bertz CT molecular complexity index is 991. The van der Waals surface area contributed by atoms with Crippen molar-refractivity contribution < 1.29 is 0 Å². The van der Waals surface area contributed by atoms with Crippen LogP contribution in [0.15, 0.2) is 47.2 Å². The first-order valence-electron chi connectivity index (χ1n) is 7.60. The maximum atomic E-state index is 2.42. The summed E-state index contributed by atoms with van der Waals surface area (Å²) in [6, 6.07) is 14.2. The van der Waals surface area contributed by atoms with Gasteiger partial charge in [0.2, 0.25) is 0 Å². The third-order valence-electron chi connectivity index (χ3n) is 5.03. The van der Waals surface area contributed by atoms with Crippen LogP contribution < -0.4 is 0 Å². The molecule has 0 saturated carbocycles. The highest BCUT2D eigenvalue weighted by Crippen LogP contribution is 2.45. The van der Waals surface area contributed by atoms with E-state index in [4.69, 9.17) is 0 Å². The van der Waals surface area contributed by atoms with Crippen LogP contribution in [0, 0.1) is 0 Å². The normalized spacial score (nSPS) is 14.0. The average molecular weight is 316 g/mol. The van der Waals surface area contributed by atoms with Crippen LogP contribution >= 0.6 is 22.7 Å². The van der Waals surface area contributed by atoms with E-state index >= 15 is 0 Å². The van der Waals surface area contributed by atoms with Crippen molar-refractivity contribution in [1.29, 1.82) is 0 Å². The Morgan fingerprint density at radius 1 is 0.591 bits per heavy atom. The van der Waals surface area contributed by atoms with Gasteiger partial charge in [0.25, 0.3) is 0 Å². The van der Waals surface area contributed by atoms with Gasteiger partial charge >= 0.3 is 0 Å². The van der Waals surface area contributed by atoms with Gasteiger partial charge in [0.1, 0.15) is 0 Å². The van der Waals surface area contributed by atoms with E-state index in [-0.39, 0.29) is 0 Å². The molecule has 2 aliphatic carbocycles. The summed E-state index contributed by atoms with van der Waals surface area (Å²) in [6.45, 7) is 0. The molecule has 6 rings (SSSR count). The Labute approximate surface area is 136 Å². The molecule has 0 aliphatic heterocycles. The van der Waals surface area contributed by atoms with Gasteiger partial charge in [-0.2, -0.15) is 0 Å². The van der Waals surface area contributed by atoms with Crippen LogP contribution in [0.25, 0.3) is 31.7 Å². The lowest BCUT2D eigenvalue weighted by Crippen LogP contribution is -1.85. The quantitative estimate of drug-likeness (QED) is 0.317. The van der Waals surface area contributed by atoms with Crippen molar-refractivity contribution in [3.05, 3.63) is 69.4 Å². The van der Waals surface area contributed by atoms with E-state index in [1.54, 1.807) is 0 Å². The fourth-order valence-electron chi connectivity index (χ4n) is 3.99. The molecule has 0 amide bonds. The fourth-order valence-corrected chi connectivity index (χ4v) is 5.95. The Kier molecular flexibility index (Phi) is 2.06. The largest absolute Gasteiger partial charge is 0.144 e. The SMILES string of the molecule is c1cc2c(s1)-c1cc3cc4c(cc3cc1C2)-c1sccc1C4. The van der Waals surface area contributed by atoms with Gasteiger partial charge in [-0.25, -0.2) is 0 Å². The van der Waals surface area contributed by atoms with Crippen LogP contribution in [0.3, 0.4) is 0 Å². The van der Waals surface area contributed by atoms with Crippen molar-refractivity contribution >= 4 is 33.4 Å². The summed E-state index contributed by atoms with van der Waals surface area (Å²) >= 11 is 3.76. The molecule has 2 aromatic carbocycles. The second kappa shape index (κ2) is 3.89. The Morgan fingerprint density at radius 3 is 1.59 bits per heavy atom. The zero-order valence-electron chi connectivity index (χ0n) is 11.8. The topological polar surface area (TPSA) is 0 Å². The third kappa shape index (κ3) is 1.37. The lowest BCUT2D eigenvalue weighted by molar-refractivity contribution is 1.27. The predicted octanol–water partition coefficient (Wildman–Crippen LogP) is 6.11. The molecule has 0 fully saturated rings. The van der Waals surface area contributed by atoms with Crippen molar-refractivity contribution in [1.82, 2.24) is 0 Å². The molecule has 4 aromatic rings. The van der Waals surface area contributed by atoms with Gasteiger partial charge in [0.05, 0.1) is 0 Å². The molecule has 2 heteroatoms. The lowest BCUT2D eigenvalue weighted by atomic mass is 9.98. The minimum atomic E-state index is 1.10. The fraction of sp³-hybridized carbons (Fsp3) is 0.100. The lowest BCUT2D eigenvalue weighted by Gasteiger charge is -2.07. The van der Waals surface area contributed by atoms with Gasteiger partial charge in [-0.3, -0.25) is 0 Å². The number of hydrogen-bond acceptors (Lipinski definition) is 2. The van der Waals surface area contributed by atoms with Crippen molar-refractivity contribution in [2.45, 2.75) is 12.8 Å². The number of benzene rings is 2. The highest BCUT2D eigenvalue weighted by molar-refractivity contribution is 7.14. The van der Waals surface area contributed by atoms with E-state index in [1.807, 2.05) is 22.7 Å². The summed E-state index contributed by atoms with van der Waals surface area (Å²) in [5.74, 6) is 0. The summed E-state index contributed by atoms with van der Waals surface area (Å²) in [6.07, 6.45) is 2.21. The van der Waals surface area contributed by atoms with Crippen molar-refractivity contribution in [3.8, 4) is 20.9 Å². The highest BCUT2D eigenvalue weighted by Gasteiger charge is 2.23. The second-order valence-corrected chi connectivity index (χ2v) is 8.10. The van der Waals surface area contributed by atoms with E-state index in [2.05, 4.69) is 47.2 Å². The molecule has 0 unspecified atom stereocenters. The van der Waals surface area contributed by atoms with E-state index in [0.717, 1.165) is 12.8 Å². The van der Waals surface area contributed by atoms with Gasteiger partial charge in [0.15, 0.2) is 0 Å². The molecular weight excluding hydrogens is 304 g/mol. The van der Waals surface area contributed by atoms with Crippen LogP contribution in [-0.4, -0.2) is 0 Å². The summed E-state index contributed by atoms with van der Waals surface area (Å²) < 4.78 is 0. The summed E-state index contributed by atoms with van der Waals surface area (Å²) in [5.41, 5.74) is 8.93. The van der Waals surface area contributed by atoms with Gasteiger partial charge in [-0.05, 0) is 92.0 Å². The smallest absolute Gasteiger partial charge is 0.0381 e. The highest BCUT2D eigenvalue weighted by atomic mass is 32.1. The number of hydrogen-bond donors (Lipinski definition) is 0.